The Balaban J connectivity index is 1.73. The molecule has 1 aliphatic carbocycles. The van der Waals surface area contributed by atoms with Gasteiger partial charge in [-0.3, -0.25) is 19.7 Å². The number of ether oxygens (including phenoxy) is 1. The molecule has 0 bridgehead atoms. The average molecular weight is 372 g/mol. The van der Waals surface area contributed by atoms with Crippen LogP contribution in [0.1, 0.15) is 35.2 Å². The summed E-state index contributed by atoms with van der Waals surface area (Å²) in [5.74, 6) is -1.12. The van der Waals surface area contributed by atoms with Gasteiger partial charge in [-0.15, -0.1) is 0 Å². The van der Waals surface area contributed by atoms with Crippen LogP contribution in [0.3, 0.4) is 0 Å². The van der Waals surface area contributed by atoms with E-state index < -0.39 is 16.6 Å². The Morgan fingerprint density at radius 3 is 2.59 bits per heavy atom. The van der Waals surface area contributed by atoms with Crippen LogP contribution in [0.5, 0.6) is 5.75 Å². The summed E-state index contributed by atoms with van der Waals surface area (Å²) in [6.07, 6.45) is 0.212. The number of nitrogens with zero attached hydrogens (tertiary/aromatic N) is 2. The van der Waals surface area contributed by atoms with Crippen molar-refractivity contribution in [1.82, 2.24) is 0 Å². The molecule has 1 aliphatic rings. The predicted octanol–water partition coefficient (Wildman–Crippen LogP) is 3.47. The number of non-ortho nitro benzene ring substituents is 1. The molecule has 0 radical (unpaired) electrons. The number of carbonyl (C=O) groups excluding carboxylic acids is 2. The summed E-state index contributed by atoms with van der Waals surface area (Å²) in [6, 6.07) is 8.09. The Morgan fingerprint density at radius 2 is 1.96 bits per heavy atom. The van der Waals surface area contributed by atoms with Gasteiger partial charge in [0, 0.05) is 36.9 Å². The quantitative estimate of drug-likeness (QED) is 0.592. The fraction of sp³-hybridized carbons (Fsp3) is 0.263. The average Bonchev–Trinajstić information content (AvgIpc) is 2.95. The lowest BCUT2D eigenvalue weighted by molar-refractivity contribution is -0.384. The van der Waals surface area contributed by atoms with Crippen molar-refractivity contribution in [3.05, 3.63) is 63.5 Å². The van der Waals surface area contributed by atoms with Gasteiger partial charge in [-0.1, -0.05) is 6.92 Å². The zero-order chi connectivity index (χ0) is 19.7. The van der Waals surface area contributed by atoms with E-state index in [1.807, 2.05) is 0 Å². The molecule has 1 atom stereocenters. The molecule has 1 amide bonds. The Kier molecular flexibility index (Phi) is 4.89. The van der Waals surface area contributed by atoms with Gasteiger partial charge in [0.15, 0.2) is 12.4 Å². The zero-order valence-corrected chi connectivity index (χ0v) is 14.8. The van der Waals surface area contributed by atoms with E-state index in [2.05, 4.69) is 0 Å². The van der Waals surface area contributed by atoms with Crippen molar-refractivity contribution in [1.29, 1.82) is 0 Å². The second-order valence-corrected chi connectivity index (χ2v) is 6.38. The second kappa shape index (κ2) is 7.14. The number of likely N-dealkylation sites (N-methyl/N-ethyl adjacent to an activating group) is 1. The van der Waals surface area contributed by atoms with E-state index in [-0.39, 0.29) is 41.7 Å². The molecule has 0 saturated carbocycles. The highest BCUT2D eigenvalue weighted by atomic mass is 19.1. The molecule has 0 unspecified atom stereocenters. The van der Waals surface area contributed by atoms with Gasteiger partial charge in [-0.05, 0) is 30.2 Å². The number of anilines is 1. The fourth-order valence-corrected chi connectivity index (χ4v) is 3.12. The molecule has 0 heterocycles. The maximum Gasteiger partial charge on any atom is 0.269 e. The molecule has 8 heteroatoms. The minimum absolute atomic E-state index is 0.0784. The molecular formula is C19H17FN2O5. The van der Waals surface area contributed by atoms with Crippen molar-refractivity contribution in [3.8, 4) is 5.75 Å². The second-order valence-electron chi connectivity index (χ2n) is 6.38. The lowest BCUT2D eigenvalue weighted by atomic mass is 10.0. The summed E-state index contributed by atoms with van der Waals surface area (Å²) in [5, 5.41) is 10.7. The zero-order valence-electron chi connectivity index (χ0n) is 14.8. The number of benzene rings is 2. The highest BCUT2D eigenvalue weighted by molar-refractivity contribution is 6.04. The third kappa shape index (κ3) is 3.51. The van der Waals surface area contributed by atoms with Crippen LogP contribution in [0.4, 0.5) is 15.8 Å². The molecule has 0 fully saturated rings. The largest absolute Gasteiger partial charge is 0.483 e. The Morgan fingerprint density at radius 1 is 1.30 bits per heavy atom. The number of fused-ring (bicyclic) bond motifs is 1. The number of hydrogen-bond acceptors (Lipinski definition) is 5. The van der Waals surface area contributed by atoms with E-state index >= 15 is 0 Å². The molecule has 0 spiro atoms. The highest BCUT2D eigenvalue weighted by Gasteiger charge is 2.32. The van der Waals surface area contributed by atoms with Crippen LogP contribution in [0.2, 0.25) is 0 Å². The number of nitro benzene ring substituents is 1. The van der Waals surface area contributed by atoms with E-state index in [1.165, 1.54) is 48.3 Å². The van der Waals surface area contributed by atoms with E-state index in [4.69, 9.17) is 4.74 Å². The number of Topliss-reactive ketones (excluding diaryl/α,β-unsaturated/α-hetero) is 1. The lowest BCUT2D eigenvalue weighted by Crippen LogP contribution is -2.31. The minimum Gasteiger partial charge on any atom is -0.483 e. The number of rotatable bonds is 5. The van der Waals surface area contributed by atoms with Crippen LogP contribution in [0.25, 0.3) is 0 Å². The summed E-state index contributed by atoms with van der Waals surface area (Å²) in [6.45, 7) is 1.41. The molecule has 2 aromatic carbocycles. The number of amides is 1. The number of carbonyl (C=O) groups is 2. The van der Waals surface area contributed by atoms with Crippen LogP contribution in [-0.2, 0) is 4.79 Å². The highest BCUT2D eigenvalue weighted by Crippen LogP contribution is 2.39. The van der Waals surface area contributed by atoms with E-state index in [1.54, 1.807) is 6.92 Å². The van der Waals surface area contributed by atoms with Gasteiger partial charge in [0.1, 0.15) is 11.6 Å². The first-order chi connectivity index (χ1) is 12.8. The summed E-state index contributed by atoms with van der Waals surface area (Å²) < 4.78 is 19.5. The summed E-state index contributed by atoms with van der Waals surface area (Å²) >= 11 is 0. The fourth-order valence-electron chi connectivity index (χ4n) is 3.12. The van der Waals surface area contributed by atoms with Crippen LogP contribution in [0.15, 0.2) is 36.4 Å². The van der Waals surface area contributed by atoms with Gasteiger partial charge in [-0.25, -0.2) is 4.39 Å². The van der Waals surface area contributed by atoms with Crippen LogP contribution in [-0.4, -0.2) is 30.3 Å². The van der Waals surface area contributed by atoms with Gasteiger partial charge >= 0.3 is 0 Å². The number of nitro groups is 1. The van der Waals surface area contributed by atoms with E-state index in [9.17, 15) is 24.1 Å². The predicted molar refractivity (Wildman–Crippen MR) is 95.8 cm³/mol. The van der Waals surface area contributed by atoms with Gasteiger partial charge in [0.25, 0.3) is 11.6 Å². The minimum atomic E-state index is -0.526. The molecular weight excluding hydrogens is 355 g/mol. The SMILES string of the molecule is C[C@@H]1CC(=O)c2c(OCC(=O)N(C)c3ccc([N+](=O)[O-])cc3)ccc(F)c21. The van der Waals surface area contributed by atoms with Crippen molar-refractivity contribution < 1.29 is 23.6 Å². The maximum absolute atomic E-state index is 14.0. The van der Waals surface area contributed by atoms with Gasteiger partial charge in [-0.2, -0.15) is 0 Å². The molecule has 0 saturated heterocycles. The van der Waals surface area contributed by atoms with Crippen molar-refractivity contribution in [2.24, 2.45) is 0 Å². The van der Waals surface area contributed by atoms with Crippen molar-refractivity contribution in [2.75, 3.05) is 18.6 Å². The lowest BCUT2D eigenvalue weighted by Gasteiger charge is -2.18. The van der Waals surface area contributed by atoms with Crippen molar-refractivity contribution in [3.63, 3.8) is 0 Å². The Hall–Kier alpha value is -3.29. The molecule has 2 aromatic rings. The molecule has 0 aliphatic heterocycles. The smallest absolute Gasteiger partial charge is 0.269 e. The van der Waals surface area contributed by atoms with Gasteiger partial charge in [0.05, 0.1) is 10.5 Å². The molecule has 27 heavy (non-hydrogen) atoms. The molecule has 7 nitrogen and oxygen atoms in total. The first-order valence-electron chi connectivity index (χ1n) is 8.29. The normalized spacial score (nSPS) is 15.4. The molecule has 140 valence electrons. The first kappa shape index (κ1) is 18.5. The van der Waals surface area contributed by atoms with Crippen molar-refractivity contribution >= 4 is 23.1 Å². The number of halogens is 1. The van der Waals surface area contributed by atoms with Gasteiger partial charge < -0.3 is 9.64 Å². The number of ketones is 1. The van der Waals surface area contributed by atoms with Crippen LogP contribution < -0.4 is 9.64 Å². The maximum atomic E-state index is 14.0. The Bertz CT molecular complexity index is 926. The van der Waals surface area contributed by atoms with Crippen LogP contribution >= 0.6 is 0 Å². The summed E-state index contributed by atoms with van der Waals surface area (Å²) in [5.41, 5.74) is 0.913. The topological polar surface area (TPSA) is 89.8 Å². The number of hydrogen-bond donors (Lipinski definition) is 0. The summed E-state index contributed by atoms with van der Waals surface area (Å²) in [4.78, 5) is 36.0. The summed E-state index contributed by atoms with van der Waals surface area (Å²) in [7, 11) is 1.51. The monoisotopic (exact) mass is 372 g/mol. The third-order valence-corrected chi connectivity index (χ3v) is 4.59. The first-order valence-corrected chi connectivity index (χ1v) is 8.29. The molecule has 3 rings (SSSR count). The Labute approximate surface area is 154 Å². The standard InChI is InChI=1S/C19H17FN2O5/c1-11-9-15(23)19-16(8-7-14(20)18(11)19)27-10-17(24)21(2)12-3-5-13(6-4-12)22(25)26/h3-8,11H,9-10H2,1-2H3/t11-/m1/s1. The third-order valence-electron chi connectivity index (χ3n) is 4.59. The van der Waals surface area contributed by atoms with E-state index in [0.29, 0.717) is 11.3 Å². The van der Waals surface area contributed by atoms with Gasteiger partial charge in [0.2, 0.25) is 0 Å². The molecule has 0 N–H and O–H groups in total. The van der Waals surface area contributed by atoms with Crippen LogP contribution in [0, 0.1) is 15.9 Å². The van der Waals surface area contributed by atoms with E-state index in [0.717, 1.165) is 0 Å². The molecule has 0 aromatic heterocycles. The van der Waals surface area contributed by atoms with Crippen molar-refractivity contribution in [2.45, 2.75) is 19.3 Å².